The number of methoxy groups -OCH3 is 1. The average molecular weight is 819 g/mol. The molecule has 0 spiro atoms. The van der Waals surface area contributed by atoms with Gasteiger partial charge in [-0.15, -0.1) is 0 Å². The monoisotopic (exact) mass is 816 g/mol. The lowest BCUT2D eigenvalue weighted by molar-refractivity contribution is -0.120. The van der Waals surface area contributed by atoms with Gasteiger partial charge in [0.2, 0.25) is 20.0 Å². The number of ether oxygens (including phenoxy) is 4. The fourth-order valence-corrected chi connectivity index (χ4v) is 6.00. The Bertz CT molecular complexity index is 1720. The SMILES string of the molecule is COc1ccc(NC(=O)NC(Oc2ccccc2OC(NC(=O)C2=C(N3CCOCC3)/C(=C\c3ccccc3)CC2)C(Cl)(Cl)Cl)C(Cl)(Cl)Cl)cc1. The molecule has 1 heterocycles. The summed E-state index contributed by atoms with van der Waals surface area (Å²) in [5.74, 6) is 0.156. The number of halogens is 6. The largest absolute Gasteiger partial charge is 0.497 e. The van der Waals surface area contributed by atoms with E-state index < -0.39 is 32.0 Å². The number of anilines is 1. The quantitative estimate of drug-likeness (QED) is 0.132. The number of hydrogen-bond donors (Lipinski definition) is 3. The summed E-state index contributed by atoms with van der Waals surface area (Å²) in [4.78, 5) is 29.0. The second-order valence-corrected chi connectivity index (χ2v) is 16.1. The van der Waals surface area contributed by atoms with Crippen LogP contribution in [0, 0.1) is 0 Å². The fraction of sp³-hybridized carbons (Fsp3) is 0.314. The molecule has 1 aliphatic heterocycles. The molecule has 3 amide bonds. The zero-order valence-electron chi connectivity index (χ0n) is 27.1. The highest BCUT2D eigenvalue weighted by Gasteiger charge is 2.40. The second kappa shape index (κ2) is 17.5. The minimum absolute atomic E-state index is 0.00856. The van der Waals surface area contributed by atoms with Crippen molar-refractivity contribution in [3.8, 4) is 17.2 Å². The van der Waals surface area contributed by atoms with Gasteiger partial charge in [0.25, 0.3) is 5.91 Å². The molecule has 3 N–H and O–H groups in total. The molecule has 2 aliphatic rings. The van der Waals surface area contributed by atoms with Crippen LogP contribution in [0.15, 0.2) is 95.7 Å². The Kier molecular flexibility index (Phi) is 13.4. The molecule has 3 aromatic rings. The molecule has 1 fully saturated rings. The molecule has 3 aromatic carbocycles. The Labute approximate surface area is 325 Å². The predicted molar refractivity (Wildman–Crippen MR) is 202 cm³/mol. The molecule has 51 heavy (non-hydrogen) atoms. The summed E-state index contributed by atoms with van der Waals surface area (Å²) < 4.78 is 18.5. The molecule has 10 nitrogen and oxygen atoms in total. The van der Waals surface area contributed by atoms with Crippen LogP contribution >= 0.6 is 69.6 Å². The third-order valence-corrected chi connectivity index (χ3v) is 8.97. The molecule has 16 heteroatoms. The number of hydrogen-bond acceptors (Lipinski definition) is 7. The Morgan fingerprint density at radius 1 is 0.784 bits per heavy atom. The molecule has 0 radical (unpaired) electrons. The second-order valence-electron chi connectivity index (χ2n) is 11.3. The Morgan fingerprint density at radius 2 is 1.35 bits per heavy atom. The minimum Gasteiger partial charge on any atom is -0.497 e. The number of morpholine rings is 1. The zero-order valence-corrected chi connectivity index (χ0v) is 31.7. The van der Waals surface area contributed by atoms with Gasteiger partial charge in [-0.05, 0) is 66.5 Å². The van der Waals surface area contributed by atoms with Crippen LogP contribution in [0.1, 0.15) is 18.4 Å². The van der Waals surface area contributed by atoms with Crippen molar-refractivity contribution < 1.29 is 28.5 Å². The van der Waals surface area contributed by atoms with Gasteiger partial charge in [0.1, 0.15) is 5.75 Å². The van der Waals surface area contributed by atoms with Gasteiger partial charge in [-0.2, -0.15) is 0 Å². The van der Waals surface area contributed by atoms with Crippen molar-refractivity contribution in [1.29, 1.82) is 0 Å². The zero-order chi connectivity index (χ0) is 36.6. The molecule has 272 valence electrons. The van der Waals surface area contributed by atoms with Crippen molar-refractivity contribution in [3.05, 3.63) is 101 Å². The maximum Gasteiger partial charge on any atom is 0.322 e. The summed E-state index contributed by atoms with van der Waals surface area (Å²) in [5.41, 5.74) is 3.81. The van der Waals surface area contributed by atoms with Crippen molar-refractivity contribution in [1.82, 2.24) is 15.5 Å². The van der Waals surface area contributed by atoms with Crippen molar-refractivity contribution >= 4 is 93.3 Å². The summed E-state index contributed by atoms with van der Waals surface area (Å²) in [6.07, 6.45) is 0.142. The van der Waals surface area contributed by atoms with Crippen LogP contribution in [0.3, 0.4) is 0 Å². The van der Waals surface area contributed by atoms with E-state index >= 15 is 0 Å². The van der Waals surface area contributed by atoms with E-state index in [4.69, 9.17) is 88.6 Å². The van der Waals surface area contributed by atoms with E-state index in [1.54, 1.807) is 36.4 Å². The number of nitrogens with one attached hydrogen (secondary N) is 3. The summed E-state index contributed by atoms with van der Waals surface area (Å²) in [5, 5.41) is 7.88. The molecule has 5 rings (SSSR count). The van der Waals surface area contributed by atoms with Gasteiger partial charge >= 0.3 is 6.03 Å². The summed E-state index contributed by atoms with van der Waals surface area (Å²) in [6, 6.07) is 22.0. The Morgan fingerprint density at radius 3 is 1.92 bits per heavy atom. The van der Waals surface area contributed by atoms with E-state index in [9.17, 15) is 9.59 Å². The number of nitrogens with zero attached hydrogens (tertiary/aromatic N) is 1. The van der Waals surface area contributed by atoms with Crippen molar-refractivity contribution in [3.63, 3.8) is 0 Å². The van der Waals surface area contributed by atoms with Crippen molar-refractivity contribution in [2.24, 2.45) is 0 Å². The van der Waals surface area contributed by atoms with Crippen molar-refractivity contribution in [2.75, 3.05) is 38.7 Å². The van der Waals surface area contributed by atoms with Gasteiger partial charge in [0.05, 0.1) is 20.3 Å². The maximum atomic E-state index is 14.0. The standard InChI is InChI=1S/C35H34Cl6N4O6/c1-48-25-14-12-24(13-15-25)42-33(47)44-32(35(39,40)41)51-28-10-6-5-9-27(28)50-31(34(36,37)38)43-30(46)26-16-11-23(21-22-7-3-2-4-8-22)29(26)45-17-19-49-20-18-45/h2-10,12-15,21,31-32H,11,16-20H2,1H3,(H,43,46)(H2,42,44,47)/b23-21-. The summed E-state index contributed by atoms with van der Waals surface area (Å²) in [7, 11) is 1.53. The number of para-hydroxylation sites is 2. The number of urea groups is 1. The van der Waals surface area contributed by atoms with Crippen LogP contribution in [0.25, 0.3) is 6.08 Å². The van der Waals surface area contributed by atoms with Gasteiger partial charge < -0.3 is 34.5 Å². The topological polar surface area (TPSA) is 110 Å². The van der Waals surface area contributed by atoms with Crippen LogP contribution in [0.2, 0.25) is 0 Å². The van der Waals surface area contributed by atoms with Gasteiger partial charge in [-0.1, -0.05) is 112 Å². The smallest absolute Gasteiger partial charge is 0.322 e. The van der Waals surface area contributed by atoms with Crippen LogP contribution in [0.5, 0.6) is 17.2 Å². The van der Waals surface area contributed by atoms with E-state index in [0.29, 0.717) is 56.2 Å². The highest BCUT2D eigenvalue weighted by molar-refractivity contribution is 6.68. The first-order valence-corrected chi connectivity index (χ1v) is 18.0. The normalized spacial score (nSPS) is 17.1. The van der Waals surface area contributed by atoms with Gasteiger partial charge in [0, 0.05) is 30.0 Å². The first-order chi connectivity index (χ1) is 24.3. The lowest BCUT2D eigenvalue weighted by atomic mass is 10.1. The highest BCUT2D eigenvalue weighted by Crippen LogP contribution is 2.40. The van der Waals surface area contributed by atoms with E-state index in [2.05, 4.69) is 26.9 Å². The number of alkyl halides is 6. The molecule has 1 saturated heterocycles. The third-order valence-electron chi connectivity index (χ3n) is 7.78. The molecule has 0 saturated carbocycles. The molecule has 0 aromatic heterocycles. The summed E-state index contributed by atoms with van der Waals surface area (Å²) in [6.45, 7) is 2.29. The first-order valence-electron chi connectivity index (χ1n) is 15.7. The molecule has 1 aliphatic carbocycles. The van der Waals surface area contributed by atoms with E-state index in [0.717, 1.165) is 16.8 Å². The molecule has 0 bridgehead atoms. The van der Waals surface area contributed by atoms with Crippen LogP contribution in [-0.2, 0) is 9.53 Å². The Hall–Kier alpha value is -3.22. The van der Waals surface area contributed by atoms with Gasteiger partial charge in [0.15, 0.2) is 11.5 Å². The van der Waals surface area contributed by atoms with Crippen LogP contribution in [-0.4, -0.2) is 70.3 Å². The van der Waals surface area contributed by atoms with Crippen molar-refractivity contribution in [2.45, 2.75) is 32.9 Å². The molecule has 2 unspecified atom stereocenters. The highest BCUT2D eigenvalue weighted by atomic mass is 35.6. The number of rotatable bonds is 11. The Balaban J connectivity index is 1.36. The molecular weight excluding hydrogens is 785 g/mol. The fourth-order valence-electron chi connectivity index (χ4n) is 5.41. The number of carbonyl (C=O) groups is 2. The lowest BCUT2D eigenvalue weighted by Crippen LogP contribution is -2.50. The predicted octanol–water partition coefficient (Wildman–Crippen LogP) is 8.25. The number of amides is 3. The lowest BCUT2D eigenvalue weighted by Gasteiger charge is -2.32. The number of carbonyl (C=O) groups excluding carboxylic acids is 2. The maximum absolute atomic E-state index is 14.0. The number of allylic oxidation sites excluding steroid dienone is 1. The number of benzene rings is 3. The molecule has 2 atom stereocenters. The van der Waals surface area contributed by atoms with Crippen LogP contribution < -0.4 is 30.2 Å². The van der Waals surface area contributed by atoms with Gasteiger partial charge in [-0.3, -0.25) is 10.1 Å². The first kappa shape index (κ1) is 39.0. The minimum atomic E-state index is -2.15. The average Bonchev–Trinajstić information content (AvgIpc) is 3.52. The van der Waals surface area contributed by atoms with Gasteiger partial charge in [-0.25, -0.2) is 4.79 Å². The molecular formula is C35H34Cl6N4O6. The van der Waals surface area contributed by atoms with E-state index in [1.807, 2.05) is 30.3 Å². The third kappa shape index (κ3) is 10.9. The van der Waals surface area contributed by atoms with E-state index in [1.165, 1.54) is 19.2 Å². The van der Waals surface area contributed by atoms with E-state index in [-0.39, 0.29) is 11.5 Å². The summed E-state index contributed by atoms with van der Waals surface area (Å²) >= 11 is 37.8. The van der Waals surface area contributed by atoms with Crippen LogP contribution in [0.4, 0.5) is 10.5 Å².